The van der Waals surface area contributed by atoms with E-state index in [1.807, 2.05) is 6.92 Å². The minimum Gasteiger partial charge on any atom is -0.397 e. The van der Waals surface area contributed by atoms with E-state index in [9.17, 15) is 0 Å². The Labute approximate surface area is 65.4 Å². The van der Waals surface area contributed by atoms with Crippen molar-refractivity contribution in [1.29, 1.82) is 0 Å². The Balaban J connectivity index is 3.13. The number of hydrogen-bond acceptors (Lipinski definition) is 4. The minimum atomic E-state index is -0.119. The van der Waals surface area contributed by atoms with Gasteiger partial charge < -0.3 is 17.2 Å². The Hall–Kier alpha value is -1.29. The quantitative estimate of drug-likeness (QED) is 0.538. The van der Waals surface area contributed by atoms with Crippen molar-refractivity contribution < 1.29 is 0 Å². The van der Waals surface area contributed by atoms with Crippen LogP contribution in [0, 0.1) is 0 Å². The third-order valence-corrected chi connectivity index (χ3v) is 1.46. The fraction of sp³-hybridized carbons (Fsp3) is 0.286. The summed E-state index contributed by atoms with van der Waals surface area (Å²) in [6.07, 6.45) is 1.52. The molecule has 0 saturated heterocycles. The molecule has 0 aliphatic rings. The highest BCUT2D eigenvalue weighted by Crippen LogP contribution is 2.17. The molecule has 0 saturated carbocycles. The van der Waals surface area contributed by atoms with E-state index in [1.165, 1.54) is 6.20 Å². The van der Waals surface area contributed by atoms with E-state index in [2.05, 4.69) is 4.98 Å². The molecule has 0 spiro atoms. The Morgan fingerprint density at radius 2 is 2.09 bits per heavy atom. The molecule has 0 aliphatic heterocycles. The summed E-state index contributed by atoms with van der Waals surface area (Å²) in [5.41, 5.74) is 18.0. The predicted molar refractivity (Wildman–Crippen MR) is 45.7 cm³/mol. The average molecular weight is 152 g/mol. The number of pyridine rings is 1. The molecule has 0 fully saturated rings. The van der Waals surface area contributed by atoms with Crippen LogP contribution in [-0.4, -0.2) is 4.98 Å². The molecule has 0 aliphatic carbocycles. The molecular formula is C7H12N4. The topological polar surface area (TPSA) is 91.0 Å². The lowest BCUT2D eigenvalue weighted by Crippen LogP contribution is -2.09. The highest BCUT2D eigenvalue weighted by molar-refractivity contribution is 5.49. The van der Waals surface area contributed by atoms with Crippen LogP contribution in [0.4, 0.5) is 11.5 Å². The van der Waals surface area contributed by atoms with E-state index >= 15 is 0 Å². The van der Waals surface area contributed by atoms with Gasteiger partial charge in [0.25, 0.3) is 0 Å². The minimum absolute atomic E-state index is 0.119. The van der Waals surface area contributed by atoms with Crippen molar-refractivity contribution in [3.63, 3.8) is 0 Å². The van der Waals surface area contributed by atoms with Crippen LogP contribution in [0.1, 0.15) is 18.5 Å². The van der Waals surface area contributed by atoms with Crippen LogP contribution in [0.2, 0.25) is 0 Å². The van der Waals surface area contributed by atoms with Gasteiger partial charge in [0, 0.05) is 11.6 Å². The van der Waals surface area contributed by atoms with Crippen LogP contribution in [0.25, 0.3) is 0 Å². The van der Waals surface area contributed by atoms with Gasteiger partial charge in [0.1, 0.15) is 5.82 Å². The van der Waals surface area contributed by atoms with E-state index in [0.29, 0.717) is 11.5 Å². The summed E-state index contributed by atoms with van der Waals surface area (Å²) in [5.74, 6) is 0.453. The fourth-order valence-electron chi connectivity index (χ4n) is 0.874. The van der Waals surface area contributed by atoms with Crippen molar-refractivity contribution in [3.05, 3.63) is 17.8 Å². The molecule has 6 N–H and O–H groups in total. The molecule has 1 aromatic heterocycles. The summed E-state index contributed by atoms with van der Waals surface area (Å²) in [6.45, 7) is 1.84. The van der Waals surface area contributed by atoms with E-state index in [1.54, 1.807) is 6.07 Å². The second-order valence-electron chi connectivity index (χ2n) is 2.53. The Morgan fingerprint density at radius 3 is 2.55 bits per heavy atom. The van der Waals surface area contributed by atoms with E-state index in [4.69, 9.17) is 17.2 Å². The number of nitrogen functional groups attached to an aromatic ring is 2. The van der Waals surface area contributed by atoms with Crippen molar-refractivity contribution in [2.75, 3.05) is 11.5 Å². The zero-order valence-electron chi connectivity index (χ0n) is 6.41. The second kappa shape index (κ2) is 2.75. The van der Waals surface area contributed by atoms with Crippen LogP contribution in [0.15, 0.2) is 12.3 Å². The number of nitrogens with zero attached hydrogens (tertiary/aromatic N) is 1. The van der Waals surface area contributed by atoms with Gasteiger partial charge in [0.05, 0.1) is 11.9 Å². The van der Waals surface area contributed by atoms with Crippen LogP contribution in [0.3, 0.4) is 0 Å². The number of aromatic nitrogens is 1. The van der Waals surface area contributed by atoms with Gasteiger partial charge in [-0.2, -0.15) is 0 Å². The molecule has 0 aromatic carbocycles. The maximum Gasteiger partial charge on any atom is 0.128 e. The molecule has 0 bridgehead atoms. The highest BCUT2D eigenvalue weighted by atomic mass is 14.9. The van der Waals surface area contributed by atoms with E-state index in [0.717, 1.165) is 5.56 Å². The lowest BCUT2D eigenvalue weighted by Gasteiger charge is -2.08. The zero-order chi connectivity index (χ0) is 8.43. The number of nitrogens with two attached hydrogens (primary N) is 3. The fourth-order valence-corrected chi connectivity index (χ4v) is 0.874. The van der Waals surface area contributed by atoms with Crippen molar-refractivity contribution in [2.45, 2.75) is 13.0 Å². The first-order valence-electron chi connectivity index (χ1n) is 3.37. The molecular weight excluding hydrogens is 140 g/mol. The highest BCUT2D eigenvalue weighted by Gasteiger charge is 2.04. The van der Waals surface area contributed by atoms with Gasteiger partial charge in [-0.05, 0) is 13.0 Å². The Bertz CT molecular complexity index is 257. The SMILES string of the molecule is CC(N)c1cc(N)cnc1N. The maximum atomic E-state index is 5.61. The zero-order valence-corrected chi connectivity index (χ0v) is 6.41. The Kier molecular flexibility index (Phi) is 1.96. The van der Waals surface area contributed by atoms with Crippen molar-refractivity contribution in [3.8, 4) is 0 Å². The third-order valence-electron chi connectivity index (χ3n) is 1.46. The molecule has 0 amide bonds. The van der Waals surface area contributed by atoms with Gasteiger partial charge in [-0.15, -0.1) is 0 Å². The van der Waals surface area contributed by atoms with Gasteiger partial charge in [-0.3, -0.25) is 0 Å². The summed E-state index contributed by atoms with van der Waals surface area (Å²) in [7, 11) is 0. The number of anilines is 2. The summed E-state index contributed by atoms with van der Waals surface area (Å²) < 4.78 is 0. The molecule has 1 unspecified atom stereocenters. The smallest absolute Gasteiger partial charge is 0.128 e. The third kappa shape index (κ3) is 1.59. The van der Waals surface area contributed by atoms with Crippen LogP contribution >= 0.6 is 0 Å². The molecule has 4 heteroatoms. The largest absolute Gasteiger partial charge is 0.397 e. The molecule has 11 heavy (non-hydrogen) atoms. The van der Waals surface area contributed by atoms with Crippen LogP contribution in [0.5, 0.6) is 0 Å². The van der Waals surface area contributed by atoms with Gasteiger partial charge >= 0.3 is 0 Å². The van der Waals surface area contributed by atoms with Gasteiger partial charge in [-0.25, -0.2) is 4.98 Å². The van der Waals surface area contributed by atoms with Gasteiger partial charge in [-0.1, -0.05) is 0 Å². The lowest BCUT2D eigenvalue weighted by atomic mass is 10.1. The molecule has 1 aromatic rings. The first kappa shape index (κ1) is 7.81. The molecule has 1 atom stereocenters. The van der Waals surface area contributed by atoms with Crippen molar-refractivity contribution in [1.82, 2.24) is 4.98 Å². The summed E-state index contributed by atoms with van der Waals surface area (Å²) in [5, 5.41) is 0. The molecule has 4 nitrogen and oxygen atoms in total. The monoisotopic (exact) mass is 152 g/mol. The summed E-state index contributed by atoms with van der Waals surface area (Å²) in [6, 6.07) is 1.62. The normalized spacial score (nSPS) is 12.9. The Morgan fingerprint density at radius 1 is 1.45 bits per heavy atom. The van der Waals surface area contributed by atoms with Gasteiger partial charge in [0.2, 0.25) is 0 Å². The van der Waals surface area contributed by atoms with Crippen molar-refractivity contribution in [2.24, 2.45) is 5.73 Å². The van der Waals surface area contributed by atoms with Crippen LogP contribution < -0.4 is 17.2 Å². The average Bonchev–Trinajstić information content (AvgIpc) is 1.94. The van der Waals surface area contributed by atoms with Crippen LogP contribution in [-0.2, 0) is 0 Å². The van der Waals surface area contributed by atoms with Gasteiger partial charge in [0.15, 0.2) is 0 Å². The van der Waals surface area contributed by atoms with Crippen molar-refractivity contribution >= 4 is 11.5 Å². The number of rotatable bonds is 1. The first-order valence-corrected chi connectivity index (χ1v) is 3.37. The predicted octanol–water partition coefficient (Wildman–Crippen LogP) is 0.266. The molecule has 60 valence electrons. The molecule has 0 radical (unpaired) electrons. The molecule has 1 heterocycles. The lowest BCUT2D eigenvalue weighted by molar-refractivity contribution is 0.816. The number of hydrogen-bond donors (Lipinski definition) is 3. The summed E-state index contributed by atoms with van der Waals surface area (Å²) in [4.78, 5) is 3.87. The maximum absolute atomic E-state index is 5.61. The summed E-state index contributed by atoms with van der Waals surface area (Å²) >= 11 is 0. The standard InChI is InChI=1S/C7H12N4/c1-4(8)6-2-5(9)3-11-7(6)10/h2-4H,8-9H2,1H3,(H2,10,11). The van der Waals surface area contributed by atoms with E-state index in [-0.39, 0.29) is 6.04 Å². The first-order chi connectivity index (χ1) is 5.11. The second-order valence-corrected chi connectivity index (χ2v) is 2.53. The van der Waals surface area contributed by atoms with E-state index < -0.39 is 0 Å². The molecule has 1 rings (SSSR count).